The lowest BCUT2D eigenvalue weighted by atomic mass is 9.79. The maximum atomic E-state index is 13.6. The van der Waals surface area contributed by atoms with Gasteiger partial charge in [-0.15, -0.1) is 11.3 Å². The molecule has 1 saturated heterocycles. The largest absolute Gasteiger partial charge is 0.456 e. The predicted octanol–water partition coefficient (Wildman–Crippen LogP) is 5.88. The van der Waals surface area contributed by atoms with Crippen molar-refractivity contribution < 1.29 is 23.7 Å². The Morgan fingerprint density at radius 2 is 1.98 bits per heavy atom. The summed E-state index contributed by atoms with van der Waals surface area (Å²) in [5, 5.41) is 12.9. The maximum absolute atomic E-state index is 13.6. The van der Waals surface area contributed by atoms with Crippen LogP contribution in [0.5, 0.6) is 0 Å². The van der Waals surface area contributed by atoms with Crippen LogP contribution in [0, 0.1) is 22.0 Å². The van der Waals surface area contributed by atoms with Crippen LogP contribution < -0.4 is 0 Å². The zero-order valence-corrected chi connectivity index (χ0v) is 25.9. The number of benzene rings is 1. The van der Waals surface area contributed by atoms with E-state index in [2.05, 4.69) is 24.6 Å². The van der Waals surface area contributed by atoms with Gasteiger partial charge >= 0.3 is 5.97 Å². The summed E-state index contributed by atoms with van der Waals surface area (Å²) in [5.41, 5.74) is 2.47. The molecular weight excluding hydrogens is 581 g/mol. The molecule has 2 aliphatic heterocycles. The van der Waals surface area contributed by atoms with Crippen molar-refractivity contribution in [2.75, 3.05) is 0 Å². The SMILES string of the molecule is CC(O[Si](C)(C)C)[C@H]1C(=O)N2C(C(=O)OCc3ccc([N+](=O)[O-])cc3)=C(Sc3nc(-c4cccnc4)cs3)[C@H](C)[C@H]12. The zero-order valence-electron chi connectivity index (χ0n) is 23.3. The van der Waals surface area contributed by atoms with Gasteiger partial charge in [0.15, 0.2) is 12.7 Å². The number of carbonyl (C=O) groups is 2. The molecule has 0 bridgehead atoms. The number of nitro groups is 1. The third-order valence-corrected chi connectivity index (χ3v) is 10.3. The van der Waals surface area contributed by atoms with Gasteiger partial charge in [-0.3, -0.25) is 19.9 Å². The third kappa shape index (κ3) is 5.98. The number of β-lactam (4-membered cyclic amide) rings is 1. The zero-order chi connectivity index (χ0) is 29.5. The van der Waals surface area contributed by atoms with E-state index in [0.29, 0.717) is 5.56 Å². The van der Waals surface area contributed by atoms with Crippen molar-refractivity contribution >= 4 is 49.0 Å². The number of hydrogen-bond donors (Lipinski definition) is 0. The number of carbonyl (C=O) groups excluding carboxylic acids is 2. The van der Waals surface area contributed by atoms with Crippen LogP contribution in [0.15, 0.2) is 69.1 Å². The first-order valence-corrected chi connectivity index (χ1v) is 18.2. The van der Waals surface area contributed by atoms with Crippen LogP contribution in [0.25, 0.3) is 11.3 Å². The Bertz CT molecular complexity index is 1510. The quantitative estimate of drug-likeness (QED) is 0.0910. The number of thioether (sulfide) groups is 1. The Morgan fingerprint density at radius 1 is 1.24 bits per heavy atom. The third-order valence-electron chi connectivity index (χ3n) is 6.98. The number of pyridine rings is 1. The topological polar surface area (TPSA) is 125 Å². The van der Waals surface area contributed by atoms with Crippen molar-refractivity contribution in [3.05, 3.63) is 80.5 Å². The molecule has 1 aromatic carbocycles. The van der Waals surface area contributed by atoms with Crippen molar-refractivity contribution in [1.82, 2.24) is 14.9 Å². The van der Waals surface area contributed by atoms with Gasteiger partial charge < -0.3 is 14.1 Å². The highest BCUT2D eigenvalue weighted by Gasteiger charge is 2.61. The Hall–Kier alpha value is -3.39. The van der Waals surface area contributed by atoms with Gasteiger partial charge in [0.2, 0.25) is 5.91 Å². The number of esters is 1. The fourth-order valence-electron chi connectivity index (χ4n) is 5.24. The summed E-state index contributed by atoms with van der Waals surface area (Å²) in [6.07, 6.45) is 3.17. The van der Waals surface area contributed by atoms with Gasteiger partial charge in [0.25, 0.3) is 5.69 Å². The van der Waals surface area contributed by atoms with E-state index in [9.17, 15) is 19.7 Å². The summed E-state index contributed by atoms with van der Waals surface area (Å²) in [5.74, 6) is -1.27. The highest BCUT2D eigenvalue weighted by Crippen LogP contribution is 2.53. The molecule has 10 nitrogen and oxygen atoms in total. The summed E-state index contributed by atoms with van der Waals surface area (Å²) in [7, 11) is -1.91. The molecule has 1 fully saturated rings. The predicted molar refractivity (Wildman–Crippen MR) is 158 cm³/mol. The highest BCUT2D eigenvalue weighted by molar-refractivity contribution is 8.04. The van der Waals surface area contributed by atoms with E-state index in [-0.39, 0.29) is 47.9 Å². The van der Waals surface area contributed by atoms with Crippen molar-refractivity contribution in [2.24, 2.45) is 11.8 Å². The molecule has 0 saturated carbocycles. The Morgan fingerprint density at radius 3 is 2.61 bits per heavy atom. The molecule has 3 aromatic rings. The van der Waals surface area contributed by atoms with Gasteiger partial charge in [0.1, 0.15) is 12.3 Å². The lowest BCUT2D eigenvalue weighted by Gasteiger charge is -2.48. The molecule has 0 spiro atoms. The molecular formula is C28H30N4O6S2Si. The van der Waals surface area contributed by atoms with Gasteiger partial charge in [-0.05, 0) is 56.4 Å². The molecule has 214 valence electrons. The monoisotopic (exact) mass is 610 g/mol. The number of nitrogens with zero attached hydrogens (tertiary/aromatic N) is 4. The second-order valence-corrected chi connectivity index (χ2v) is 17.6. The average molecular weight is 611 g/mol. The first kappa shape index (κ1) is 29.1. The van der Waals surface area contributed by atoms with Crippen LogP contribution in [-0.4, -0.2) is 52.1 Å². The van der Waals surface area contributed by atoms with E-state index in [0.717, 1.165) is 20.5 Å². The molecule has 1 unspecified atom stereocenters. The van der Waals surface area contributed by atoms with Crippen molar-refractivity contribution in [3.8, 4) is 11.3 Å². The summed E-state index contributed by atoms with van der Waals surface area (Å²) >= 11 is 2.84. The van der Waals surface area contributed by atoms with Crippen LogP contribution >= 0.6 is 23.1 Å². The number of aromatic nitrogens is 2. The molecule has 0 aliphatic carbocycles. The van der Waals surface area contributed by atoms with E-state index in [4.69, 9.17) is 14.1 Å². The fourth-order valence-corrected chi connectivity index (χ4v) is 8.60. The van der Waals surface area contributed by atoms with E-state index >= 15 is 0 Å². The molecule has 0 N–H and O–H groups in total. The number of fused-ring (bicyclic) bond motifs is 1. The molecule has 13 heteroatoms. The molecule has 41 heavy (non-hydrogen) atoms. The minimum absolute atomic E-state index is 0.0464. The molecule has 0 radical (unpaired) electrons. The normalized spacial score (nSPS) is 21.0. The minimum Gasteiger partial charge on any atom is -0.456 e. The average Bonchev–Trinajstić information content (AvgIpc) is 3.48. The van der Waals surface area contributed by atoms with E-state index in [1.54, 1.807) is 29.4 Å². The van der Waals surface area contributed by atoms with Crippen molar-refractivity contribution in [1.29, 1.82) is 0 Å². The van der Waals surface area contributed by atoms with Gasteiger partial charge in [-0.1, -0.05) is 18.7 Å². The first-order chi connectivity index (χ1) is 19.4. The first-order valence-electron chi connectivity index (χ1n) is 13.1. The standard InChI is InChI=1S/C28H30N4O6S2Si/c1-16-23-22(17(2)38-41(3,4)5)26(33)31(23)24(27(34)37-14-18-8-10-20(11-9-18)32(35)36)25(16)40-28-30-21(15-39-28)19-7-6-12-29-13-19/h6-13,15-17,22-23H,14H2,1-5H3/t16-,17?,22-,23-/m1/s1. The lowest BCUT2D eigenvalue weighted by molar-refractivity contribution is -0.384. The molecule has 5 rings (SSSR count). The summed E-state index contributed by atoms with van der Waals surface area (Å²) in [6, 6.07) is 9.38. The second kappa shape index (κ2) is 11.5. The van der Waals surface area contributed by atoms with E-state index in [1.165, 1.54) is 35.2 Å². The summed E-state index contributed by atoms with van der Waals surface area (Å²) in [6.45, 7) is 10.1. The number of rotatable bonds is 10. The highest BCUT2D eigenvalue weighted by atomic mass is 32.2. The van der Waals surface area contributed by atoms with Gasteiger partial charge in [0, 0.05) is 46.3 Å². The van der Waals surface area contributed by atoms with E-state index < -0.39 is 19.2 Å². The molecule has 1 amide bonds. The molecule has 2 aliphatic rings. The Kier molecular flexibility index (Phi) is 8.15. The number of ether oxygens (including phenoxy) is 1. The number of hydrogen-bond acceptors (Lipinski definition) is 10. The molecule has 4 atom stereocenters. The smallest absolute Gasteiger partial charge is 0.356 e. The Balaban J connectivity index is 1.41. The van der Waals surface area contributed by atoms with Gasteiger partial charge in [0.05, 0.1) is 28.7 Å². The van der Waals surface area contributed by atoms with Crippen LogP contribution in [-0.2, 0) is 25.4 Å². The summed E-state index contributed by atoms with van der Waals surface area (Å²) < 4.78 is 12.7. The van der Waals surface area contributed by atoms with Crippen LogP contribution in [0.1, 0.15) is 19.4 Å². The minimum atomic E-state index is -1.91. The van der Waals surface area contributed by atoms with E-state index in [1.807, 2.05) is 31.4 Å². The van der Waals surface area contributed by atoms with Gasteiger partial charge in [-0.2, -0.15) is 0 Å². The number of amides is 1. The van der Waals surface area contributed by atoms with Crippen molar-refractivity contribution in [2.45, 2.75) is 56.6 Å². The molecule has 2 aromatic heterocycles. The fraction of sp³-hybridized carbons (Fsp3) is 0.357. The molecule has 4 heterocycles. The second-order valence-electron chi connectivity index (χ2n) is 11.0. The van der Waals surface area contributed by atoms with Gasteiger partial charge in [-0.25, -0.2) is 9.78 Å². The van der Waals surface area contributed by atoms with Crippen LogP contribution in [0.3, 0.4) is 0 Å². The van der Waals surface area contributed by atoms with Crippen LogP contribution in [0.4, 0.5) is 5.69 Å². The maximum Gasteiger partial charge on any atom is 0.356 e. The van der Waals surface area contributed by atoms with Crippen LogP contribution in [0.2, 0.25) is 19.6 Å². The number of non-ortho nitro benzene ring substituents is 1. The van der Waals surface area contributed by atoms with Crippen molar-refractivity contribution in [3.63, 3.8) is 0 Å². The number of thiazole rings is 1. The Labute approximate surface area is 247 Å². The lowest BCUT2D eigenvalue weighted by Crippen LogP contribution is -2.64. The summed E-state index contributed by atoms with van der Waals surface area (Å²) in [4.78, 5) is 48.8. The number of nitro benzene ring substituents is 1.